The highest BCUT2D eigenvalue weighted by atomic mass is 32.1. The molecule has 3 saturated heterocycles. The van der Waals surface area contributed by atoms with E-state index < -0.39 is 5.60 Å². The second-order valence-corrected chi connectivity index (χ2v) is 13.7. The Kier molecular flexibility index (Phi) is 7.06. The predicted octanol–water partition coefficient (Wildman–Crippen LogP) is 5.65. The minimum absolute atomic E-state index is 0.187. The van der Waals surface area contributed by atoms with Crippen LogP contribution in [-0.4, -0.2) is 88.4 Å². The Labute approximate surface area is 248 Å². The lowest BCUT2D eigenvalue weighted by Gasteiger charge is -2.38. The monoisotopic (exact) mass is 592 g/mol. The van der Waals surface area contributed by atoms with Crippen molar-refractivity contribution in [3.8, 4) is 11.4 Å². The van der Waals surface area contributed by atoms with Crippen LogP contribution in [0, 0.1) is 11.7 Å². The van der Waals surface area contributed by atoms with Crippen LogP contribution in [0.1, 0.15) is 38.5 Å². The molecule has 3 aliphatic heterocycles. The Bertz CT molecular complexity index is 1620. The third-order valence-corrected chi connectivity index (χ3v) is 9.62. The third kappa shape index (κ3) is 5.33. The molecule has 0 bridgehead atoms. The number of carbonyl (C=O) groups is 1. The summed E-state index contributed by atoms with van der Waals surface area (Å²) in [6, 6.07) is 7.40. The van der Waals surface area contributed by atoms with E-state index in [0.717, 1.165) is 79.0 Å². The first kappa shape index (κ1) is 27.5. The molecule has 1 amide bonds. The van der Waals surface area contributed by atoms with E-state index in [1.165, 1.54) is 17.0 Å². The molecule has 1 N–H and O–H groups in total. The van der Waals surface area contributed by atoms with Crippen molar-refractivity contribution in [3.05, 3.63) is 41.2 Å². The van der Waals surface area contributed by atoms with Gasteiger partial charge in [-0.25, -0.2) is 19.2 Å². The van der Waals surface area contributed by atoms with Gasteiger partial charge in [-0.15, -0.1) is 11.3 Å². The first-order valence-electron chi connectivity index (χ1n) is 14.8. The minimum atomic E-state index is -0.484. The van der Waals surface area contributed by atoms with E-state index in [0.29, 0.717) is 30.5 Å². The number of likely N-dealkylation sites (tertiary alicyclic amines) is 2. The number of fused-ring (bicyclic) bond motifs is 3. The normalized spacial score (nSPS) is 21.8. The molecule has 222 valence electrons. The van der Waals surface area contributed by atoms with Crippen molar-refractivity contribution in [2.45, 2.75) is 51.8 Å². The van der Waals surface area contributed by atoms with Gasteiger partial charge in [0, 0.05) is 72.9 Å². The molecular weight excluding hydrogens is 555 g/mol. The van der Waals surface area contributed by atoms with Crippen molar-refractivity contribution in [1.82, 2.24) is 24.8 Å². The lowest BCUT2D eigenvalue weighted by Crippen LogP contribution is -2.48. The van der Waals surface area contributed by atoms with E-state index in [1.807, 2.05) is 37.9 Å². The molecule has 6 heterocycles. The number of ether oxygens (including phenoxy) is 2. The summed E-state index contributed by atoms with van der Waals surface area (Å²) < 4.78 is 27.0. The molecule has 11 heteroatoms. The van der Waals surface area contributed by atoms with Crippen LogP contribution in [0.4, 0.5) is 15.0 Å². The van der Waals surface area contributed by atoms with Crippen LogP contribution in [-0.2, 0) is 16.0 Å². The molecule has 3 fully saturated rings. The van der Waals surface area contributed by atoms with Crippen LogP contribution in [0.5, 0.6) is 0 Å². The first-order valence-corrected chi connectivity index (χ1v) is 15.7. The van der Waals surface area contributed by atoms with Crippen molar-refractivity contribution in [1.29, 1.82) is 0 Å². The predicted molar refractivity (Wildman–Crippen MR) is 162 cm³/mol. The fourth-order valence-corrected chi connectivity index (χ4v) is 7.80. The standard InChI is InChI=1S/C31H37FN6O3S/c1-31(2,3)41-30(39)38-9-5-19-17-36(8-6-26(19)38)18-21-16-25-27(42-21)29(37-10-12-40-13-11-37)35-28(34-25)23-14-20(32)15-24-22(23)4-7-33-24/h4,7,14-16,19,26,33H,5-6,8-13,17-18H2,1-3H3/t19-,26+/m0/s1. The summed E-state index contributed by atoms with van der Waals surface area (Å²) in [5, 5.41) is 0.902. The maximum Gasteiger partial charge on any atom is 0.410 e. The average molecular weight is 593 g/mol. The van der Waals surface area contributed by atoms with E-state index in [1.54, 1.807) is 11.3 Å². The van der Waals surface area contributed by atoms with Crippen LogP contribution < -0.4 is 4.90 Å². The average Bonchev–Trinajstić information content (AvgIpc) is 3.69. The van der Waals surface area contributed by atoms with Gasteiger partial charge in [-0.3, -0.25) is 4.90 Å². The van der Waals surface area contributed by atoms with Gasteiger partial charge in [0.15, 0.2) is 11.6 Å². The number of carbonyl (C=O) groups excluding carboxylic acids is 1. The van der Waals surface area contributed by atoms with Crippen molar-refractivity contribution >= 4 is 44.4 Å². The summed E-state index contributed by atoms with van der Waals surface area (Å²) in [6.07, 6.45) is 3.58. The highest BCUT2D eigenvalue weighted by molar-refractivity contribution is 7.19. The number of anilines is 1. The number of aromatic amines is 1. The molecule has 3 aliphatic rings. The number of H-pyrrole nitrogens is 1. The quantitative estimate of drug-likeness (QED) is 0.328. The zero-order valence-corrected chi connectivity index (χ0v) is 25.2. The lowest BCUT2D eigenvalue weighted by atomic mass is 9.93. The highest BCUT2D eigenvalue weighted by Gasteiger charge is 2.42. The molecule has 2 atom stereocenters. The maximum absolute atomic E-state index is 14.6. The Morgan fingerprint density at radius 3 is 2.79 bits per heavy atom. The summed E-state index contributed by atoms with van der Waals surface area (Å²) in [5.41, 5.74) is 1.82. The first-order chi connectivity index (χ1) is 20.2. The number of thiophene rings is 1. The van der Waals surface area contributed by atoms with Gasteiger partial charge in [-0.2, -0.15) is 0 Å². The maximum atomic E-state index is 14.6. The zero-order chi connectivity index (χ0) is 29.0. The molecule has 42 heavy (non-hydrogen) atoms. The number of benzene rings is 1. The van der Waals surface area contributed by atoms with Crippen molar-refractivity contribution in [2.75, 3.05) is 50.8 Å². The van der Waals surface area contributed by atoms with Gasteiger partial charge in [-0.05, 0) is 63.8 Å². The number of nitrogens with zero attached hydrogens (tertiary/aromatic N) is 5. The van der Waals surface area contributed by atoms with Crippen molar-refractivity contribution < 1.29 is 18.7 Å². The molecule has 0 unspecified atom stereocenters. The molecular formula is C31H37FN6O3S. The van der Waals surface area contributed by atoms with Crippen LogP contribution in [0.15, 0.2) is 30.5 Å². The van der Waals surface area contributed by atoms with Crippen molar-refractivity contribution in [2.24, 2.45) is 5.92 Å². The summed E-state index contributed by atoms with van der Waals surface area (Å²) in [4.78, 5) is 33.9. The molecule has 3 aromatic heterocycles. The molecule has 9 nitrogen and oxygen atoms in total. The lowest BCUT2D eigenvalue weighted by molar-refractivity contribution is 0.0139. The molecule has 0 saturated carbocycles. The topological polar surface area (TPSA) is 86.8 Å². The van der Waals surface area contributed by atoms with Gasteiger partial charge >= 0.3 is 6.09 Å². The fourth-order valence-electron chi connectivity index (χ4n) is 6.64. The number of hydrogen-bond donors (Lipinski definition) is 1. The van der Waals surface area contributed by atoms with Gasteiger partial charge < -0.3 is 24.3 Å². The number of piperidine rings is 1. The van der Waals surface area contributed by atoms with Gasteiger partial charge in [0.05, 0.1) is 23.4 Å². The molecule has 4 aromatic rings. The highest BCUT2D eigenvalue weighted by Crippen LogP contribution is 2.38. The van der Waals surface area contributed by atoms with Crippen LogP contribution in [0.25, 0.3) is 32.5 Å². The van der Waals surface area contributed by atoms with Gasteiger partial charge in [0.1, 0.15) is 11.4 Å². The third-order valence-electron chi connectivity index (χ3n) is 8.52. The van der Waals surface area contributed by atoms with E-state index in [4.69, 9.17) is 19.4 Å². The van der Waals surface area contributed by atoms with Gasteiger partial charge in [-0.1, -0.05) is 0 Å². The smallest absolute Gasteiger partial charge is 0.410 e. The fraction of sp³-hybridized carbons (Fsp3) is 0.516. The van der Waals surface area contributed by atoms with Crippen LogP contribution >= 0.6 is 11.3 Å². The van der Waals surface area contributed by atoms with Gasteiger partial charge in [0.25, 0.3) is 0 Å². The van der Waals surface area contributed by atoms with Gasteiger partial charge in [0.2, 0.25) is 0 Å². The number of hydrogen-bond acceptors (Lipinski definition) is 8. The zero-order valence-electron chi connectivity index (χ0n) is 24.4. The molecule has 0 aliphatic carbocycles. The summed E-state index contributed by atoms with van der Waals surface area (Å²) in [6.45, 7) is 12.0. The number of nitrogens with one attached hydrogen (secondary N) is 1. The number of amides is 1. The molecule has 0 spiro atoms. The number of aromatic nitrogens is 3. The summed E-state index contributed by atoms with van der Waals surface area (Å²) in [7, 11) is 0. The SMILES string of the molecule is CC(C)(C)OC(=O)N1CC[C@H]2CN(Cc3cc4nc(-c5cc(F)cc6[nH]ccc56)nc(N5CCOCC5)c4s3)CC[C@H]21. The van der Waals surface area contributed by atoms with E-state index in [9.17, 15) is 9.18 Å². The van der Waals surface area contributed by atoms with E-state index >= 15 is 0 Å². The second-order valence-electron chi connectivity index (χ2n) is 12.6. The van der Waals surface area contributed by atoms with Crippen LogP contribution in [0.3, 0.4) is 0 Å². The summed E-state index contributed by atoms with van der Waals surface area (Å²) in [5.74, 6) is 1.56. The Morgan fingerprint density at radius 2 is 1.98 bits per heavy atom. The minimum Gasteiger partial charge on any atom is -0.444 e. The Balaban J connectivity index is 1.16. The number of rotatable bonds is 4. The molecule has 1 aromatic carbocycles. The van der Waals surface area contributed by atoms with E-state index in [-0.39, 0.29) is 18.0 Å². The Morgan fingerprint density at radius 1 is 1.14 bits per heavy atom. The molecule has 0 radical (unpaired) electrons. The number of morpholine rings is 1. The van der Waals surface area contributed by atoms with E-state index in [2.05, 4.69) is 20.9 Å². The Hall–Kier alpha value is -3.28. The number of halogens is 1. The largest absolute Gasteiger partial charge is 0.444 e. The van der Waals surface area contributed by atoms with Crippen molar-refractivity contribution in [3.63, 3.8) is 0 Å². The summed E-state index contributed by atoms with van der Waals surface area (Å²) >= 11 is 1.75. The second kappa shape index (κ2) is 10.8. The molecule has 7 rings (SSSR count). The van der Waals surface area contributed by atoms with Crippen LogP contribution in [0.2, 0.25) is 0 Å².